The van der Waals surface area contributed by atoms with Crippen LogP contribution in [0.3, 0.4) is 0 Å². The molecule has 0 aliphatic carbocycles. The number of benzene rings is 1. The van der Waals surface area contributed by atoms with Gasteiger partial charge in [0.15, 0.2) is 0 Å². The lowest BCUT2D eigenvalue weighted by molar-refractivity contribution is -0.384. The number of hydrogen-bond donors (Lipinski definition) is 0. The van der Waals surface area contributed by atoms with Crippen LogP contribution < -0.4 is 4.74 Å². The second-order valence-electron chi connectivity index (χ2n) is 4.83. The molecule has 0 radical (unpaired) electrons. The van der Waals surface area contributed by atoms with Crippen molar-refractivity contribution >= 4 is 21.6 Å². The van der Waals surface area contributed by atoms with Gasteiger partial charge in [0.05, 0.1) is 11.5 Å². The van der Waals surface area contributed by atoms with Gasteiger partial charge in [-0.15, -0.1) is 0 Å². The van der Waals surface area contributed by atoms with E-state index in [1.165, 1.54) is 12.1 Å². The first-order chi connectivity index (χ1) is 9.54. The molecule has 1 aromatic rings. The van der Waals surface area contributed by atoms with Crippen molar-refractivity contribution in [3.05, 3.63) is 33.9 Å². The predicted octanol–water partition coefficient (Wildman–Crippen LogP) is 3.93. The summed E-state index contributed by atoms with van der Waals surface area (Å²) in [5.74, 6) is 1.28. The number of hydrogen-bond acceptors (Lipinski definition) is 4. The molecule has 6 heteroatoms. The molecule has 20 heavy (non-hydrogen) atoms. The molecule has 0 amide bonds. The zero-order chi connectivity index (χ0) is 15.0. The van der Waals surface area contributed by atoms with Gasteiger partial charge < -0.3 is 9.47 Å². The Balaban J connectivity index is 2.41. The maximum Gasteiger partial charge on any atom is 0.270 e. The number of rotatable bonds is 9. The molecule has 0 saturated heterocycles. The fourth-order valence-electron chi connectivity index (χ4n) is 1.56. The molecule has 0 aromatic heterocycles. The molecule has 0 aliphatic rings. The summed E-state index contributed by atoms with van der Waals surface area (Å²) in [4.78, 5) is 10.3. The molecule has 0 N–H and O–H groups in total. The van der Waals surface area contributed by atoms with E-state index in [-0.39, 0.29) is 5.69 Å². The zero-order valence-electron chi connectivity index (χ0n) is 11.8. The molecule has 1 aromatic carbocycles. The zero-order valence-corrected chi connectivity index (χ0v) is 13.4. The predicted molar refractivity (Wildman–Crippen MR) is 81.5 cm³/mol. The Labute approximate surface area is 127 Å². The Morgan fingerprint density at radius 3 is 2.65 bits per heavy atom. The number of nitrogens with zero attached hydrogens (tertiary/aromatic N) is 1. The molecule has 0 aliphatic heterocycles. The Bertz CT molecular complexity index is 437. The van der Waals surface area contributed by atoms with E-state index in [1.807, 2.05) is 0 Å². The third-order valence-corrected chi connectivity index (χ3v) is 3.33. The number of nitro benzene ring substituents is 1. The molecular weight excluding hydrogens is 326 g/mol. The second-order valence-corrected chi connectivity index (χ2v) is 5.39. The van der Waals surface area contributed by atoms with Crippen molar-refractivity contribution in [2.24, 2.45) is 5.92 Å². The topological polar surface area (TPSA) is 61.6 Å². The standard InChI is InChI=1S/C14H20BrNO4/c1-11(2)5-6-19-7-8-20-14-4-3-13(16(17)18)9-12(14)10-15/h3-4,9,11H,5-8,10H2,1-2H3. The summed E-state index contributed by atoms with van der Waals surface area (Å²) in [6.07, 6.45) is 1.03. The molecule has 112 valence electrons. The highest BCUT2D eigenvalue weighted by molar-refractivity contribution is 9.08. The lowest BCUT2D eigenvalue weighted by atomic mass is 10.1. The van der Waals surface area contributed by atoms with Crippen LogP contribution in [0, 0.1) is 16.0 Å². The van der Waals surface area contributed by atoms with Gasteiger partial charge in [-0.3, -0.25) is 10.1 Å². The molecule has 1 rings (SSSR count). The quantitative estimate of drug-likeness (QED) is 0.294. The van der Waals surface area contributed by atoms with Crippen molar-refractivity contribution in [2.45, 2.75) is 25.6 Å². The number of alkyl halides is 1. The number of ether oxygens (including phenoxy) is 2. The summed E-state index contributed by atoms with van der Waals surface area (Å²) in [5.41, 5.74) is 0.835. The van der Waals surface area contributed by atoms with Crippen LogP contribution in [0.4, 0.5) is 5.69 Å². The van der Waals surface area contributed by atoms with Crippen molar-refractivity contribution in [3.8, 4) is 5.75 Å². The molecule has 0 unspecified atom stereocenters. The monoisotopic (exact) mass is 345 g/mol. The van der Waals surface area contributed by atoms with Crippen LogP contribution in [0.2, 0.25) is 0 Å². The highest BCUT2D eigenvalue weighted by Gasteiger charge is 2.10. The second kappa shape index (κ2) is 8.92. The molecular formula is C14H20BrNO4. The Kier molecular flexibility index (Phi) is 7.54. The normalized spacial score (nSPS) is 10.8. The average Bonchev–Trinajstić information content (AvgIpc) is 2.42. The van der Waals surface area contributed by atoms with Crippen LogP contribution in [0.25, 0.3) is 0 Å². The summed E-state index contributed by atoms with van der Waals surface area (Å²) in [7, 11) is 0. The minimum absolute atomic E-state index is 0.0694. The number of non-ortho nitro benzene ring substituents is 1. The van der Waals surface area contributed by atoms with Crippen molar-refractivity contribution in [2.75, 3.05) is 19.8 Å². The first kappa shape index (κ1) is 16.9. The van der Waals surface area contributed by atoms with E-state index in [4.69, 9.17) is 9.47 Å². The molecule has 0 fully saturated rings. The van der Waals surface area contributed by atoms with Crippen molar-refractivity contribution in [1.82, 2.24) is 0 Å². The number of halogens is 1. The molecule has 0 heterocycles. The van der Waals surface area contributed by atoms with E-state index in [0.717, 1.165) is 18.6 Å². The third kappa shape index (κ3) is 5.88. The van der Waals surface area contributed by atoms with E-state index in [0.29, 0.717) is 30.2 Å². The van der Waals surface area contributed by atoms with Crippen LogP contribution in [-0.2, 0) is 10.1 Å². The van der Waals surface area contributed by atoms with Gasteiger partial charge in [-0.1, -0.05) is 29.8 Å². The van der Waals surface area contributed by atoms with Crippen LogP contribution >= 0.6 is 15.9 Å². The smallest absolute Gasteiger partial charge is 0.270 e. The molecule has 0 atom stereocenters. The van der Waals surface area contributed by atoms with E-state index in [2.05, 4.69) is 29.8 Å². The van der Waals surface area contributed by atoms with E-state index in [9.17, 15) is 10.1 Å². The largest absolute Gasteiger partial charge is 0.491 e. The van der Waals surface area contributed by atoms with Gasteiger partial charge in [0, 0.05) is 29.6 Å². The van der Waals surface area contributed by atoms with Gasteiger partial charge >= 0.3 is 0 Å². The van der Waals surface area contributed by atoms with Crippen molar-refractivity contribution < 1.29 is 14.4 Å². The summed E-state index contributed by atoms with van der Waals surface area (Å²) in [6.45, 7) is 5.99. The summed E-state index contributed by atoms with van der Waals surface area (Å²) in [6, 6.07) is 4.59. The number of nitro groups is 1. The summed E-state index contributed by atoms with van der Waals surface area (Å²) < 4.78 is 11.0. The van der Waals surface area contributed by atoms with Gasteiger partial charge in [0.25, 0.3) is 5.69 Å². The summed E-state index contributed by atoms with van der Waals surface area (Å²) in [5, 5.41) is 11.2. The first-order valence-electron chi connectivity index (χ1n) is 6.58. The maximum absolute atomic E-state index is 10.7. The fraction of sp³-hybridized carbons (Fsp3) is 0.571. The fourth-order valence-corrected chi connectivity index (χ4v) is 1.99. The van der Waals surface area contributed by atoms with E-state index in [1.54, 1.807) is 6.07 Å². The van der Waals surface area contributed by atoms with Gasteiger partial charge in [0.1, 0.15) is 12.4 Å². The van der Waals surface area contributed by atoms with E-state index < -0.39 is 4.92 Å². The first-order valence-corrected chi connectivity index (χ1v) is 7.70. The Morgan fingerprint density at radius 2 is 2.05 bits per heavy atom. The van der Waals surface area contributed by atoms with Crippen LogP contribution in [-0.4, -0.2) is 24.7 Å². The van der Waals surface area contributed by atoms with Crippen LogP contribution in [0.15, 0.2) is 18.2 Å². The molecule has 0 bridgehead atoms. The van der Waals surface area contributed by atoms with Gasteiger partial charge in [-0.2, -0.15) is 0 Å². The van der Waals surface area contributed by atoms with Gasteiger partial charge in [-0.05, 0) is 18.4 Å². The lowest BCUT2D eigenvalue weighted by Crippen LogP contribution is -2.09. The minimum atomic E-state index is -0.412. The maximum atomic E-state index is 10.7. The summed E-state index contributed by atoms with van der Waals surface area (Å²) >= 11 is 3.31. The van der Waals surface area contributed by atoms with Crippen molar-refractivity contribution in [1.29, 1.82) is 0 Å². The Morgan fingerprint density at radius 1 is 1.30 bits per heavy atom. The van der Waals surface area contributed by atoms with Gasteiger partial charge in [-0.25, -0.2) is 0 Å². The average molecular weight is 346 g/mol. The van der Waals surface area contributed by atoms with Crippen molar-refractivity contribution in [3.63, 3.8) is 0 Å². The third-order valence-electron chi connectivity index (χ3n) is 2.72. The van der Waals surface area contributed by atoms with Crippen LogP contribution in [0.1, 0.15) is 25.8 Å². The SMILES string of the molecule is CC(C)CCOCCOc1ccc([N+](=O)[O-])cc1CBr. The molecule has 0 spiro atoms. The van der Waals surface area contributed by atoms with Gasteiger partial charge in [0.2, 0.25) is 0 Å². The van der Waals surface area contributed by atoms with E-state index >= 15 is 0 Å². The highest BCUT2D eigenvalue weighted by atomic mass is 79.9. The van der Waals surface area contributed by atoms with Crippen LogP contribution in [0.5, 0.6) is 5.75 Å². The highest BCUT2D eigenvalue weighted by Crippen LogP contribution is 2.26. The molecule has 5 nitrogen and oxygen atoms in total. The minimum Gasteiger partial charge on any atom is -0.491 e. The Hall–Kier alpha value is -1.14. The molecule has 0 saturated carbocycles. The lowest BCUT2D eigenvalue weighted by Gasteiger charge is -2.11.